The van der Waals surface area contributed by atoms with Crippen LogP contribution in [0.2, 0.25) is 0 Å². The van der Waals surface area contributed by atoms with Crippen molar-refractivity contribution in [2.24, 2.45) is 5.73 Å². The Morgan fingerprint density at radius 3 is 2.75 bits per heavy atom. The van der Waals surface area contributed by atoms with Crippen molar-refractivity contribution in [3.05, 3.63) is 65.2 Å². The second-order valence-corrected chi connectivity index (χ2v) is 5.53. The molecule has 20 heavy (non-hydrogen) atoms. The van der Waals surface area contributed by atoms with Gasteiger partial charge in [-0.3, -0.25) is 0 Å². The number of nitrogens with two attached hydrogens (primary N) is 1. The van der Waals surface area contributed by atoms with E-state index in [0.29, 0.717) is 0 Å². The van der Waals surface area contributed by atoms with E-state index < -0.39 is 0 Å². The molecule has 0 radical (unpaired) electrons. The van der Waals surface area contributed by atoms with E-state index in [9.17, 15) is 0 Å². The van der Waals surface area contributed by atoms with Crippen LogP contribution >= 0.6 is 0 Å². The number of aryl methyl sites for hydroxylation is 1. The van der Waals surface area contributed by atoms with E-state index in [1.54, 1.807) is 0 Å². The zero-order valence-corrected chi connectivity index (χ0v) is 11.7. The minimum atomic E-state index is 0.224. The van der Waals surface area contributed by atoms with Gasteiger partial charge in [-0.1, -0.05) is 42.5 Å². The van der Waals surface area contributed by atoms with E-state index in [1.807, 2.05) is 6.07 Å². The van der Waals surface area contributed by atoms with Crippen molar-refractivity contribution < 1.29 is 4.74 Å². The van der Waals surface area contributed by atoms with Crippen molar-refractivity contribution in [3.63, 3.8) is 0 Å². The maximum absolute atomic E-state index is 6.24. The molecule has 0 saturated heterocycles. The van der Waals surface area contributed by atoms with Crippen molar-refractivity contribution in [2.45, 2.75) is 31.7 Å². The fourth-order valence-corrected chi connectivity index (χ4v) is 2.77. The largest absolute Gasteiger partial charge is 0.493 e. The fourth-order valence-electron chi connectivity index (χ4n) is 2.77. The Labute approximate surface area is 120 Å². The summed E-state index contributed by atoms with van der Waals surface area (Å²) < 4.78 is 5.53. The topological polar surface area (TPSA) is 35.2 Å². The maximum atomic E-state index is 6.24. The Hall–Kier alpha value is -1.80. The van der Waals surface area contributed by atoms with Crippen molar-refractivity contribution >= 4 is 0 Å². The summed E-state index contributed by atoms with van der Waals surface area (Å²) >= 11 is 0. The van der Waals surface area contributed by atoms with E-state index >= 15 is 0 Å². The number of hydrogen-bond acceptors (Lipinski definition) is 2. The zero-order valence-electron chi connectivity index (χ0n) is 11.7. The standard InChI is InChI=1S/C18H21NO/c19-17(13-14-4-2-1-3-5-14)8-6-15-7-9-18-16(12-15)10-11-20-18/h1-5,7,9,12,17H,6,8,10-11,13,19H2. The van der Waals surface area contributed by atoms with Crippen LogP contribution in [-0.4, -0.2) is 12.6 Å². The molecule has 0 saturated carbocycles. The van der Waals surface area contributed by atoms with Crippen LogP contribution in [0.1, 0.15) is 23.1 Å². The number of hydrogen-bond donors (Lipinski definition) is 1. The lowest BCUT2D eigenvalue weighted by Gasteiger charge is -2.12. The summed E-state index contributed by atoms with van der Waals surface area (Å²) in [7, 11) is 0. The molecule has 2 nitrogen and oxygen atoms in total. The Balaban J connectivity index is 1.54. The zero-order chi connectivity index (χ0) is 13.8. The third-order valence-electron chi connectivity index (χ3n) is 3.90. The molecule has 1 atom stereocenters. The van der Waals surface area contributed by atoms with Gasteiger partial charge in [0.1, 0.15) is 5.75 Å². The van der Waals surface area contributed by atoms with Gasteiger partial charge in [0, 0.05) is 12.5 Å². The molecule has 1 heterocycles. The fraction of sp³-hybridized carbons (Fsp3) is 0.333. The number of fused-ring (bicyclic) bond motifs is 1. The van der Waals surface area contributed by atoms with Crippen LogP contribution in [0, 0.1) is 0 Å². The summed E-state index contributed by atoms with van der Waals surface area (Å²) in [6.07, 6.45) is 4.06. The van der Waals surface area contributed by atoms with Gasteiger partial charge in [-0.15, -0.1) is 0 Å². The smallest absolute Gasteiger partial charge is 0.122 e. The Morgan fingerprint density at radius 2 is 1.90 bits per heavy atom. The summed E-state index contributed by atoms with van der Waals surface area (Å²) in [4.78, 5) is 0. The minimum absolute atomic E-state index is 0.224. The maximum Gasteiger partial charge on any atom is 0.122 e. The van der Waals surface area contributed by atoms with Crippen LogP contribution in [-0.2, 0) is 19.3 Å². The van der Waals surface area contributed by atoms with Gasteiger partial charge >= 0.3 is 0 Å². The van der Waals surface area contributed by atoms with Gasteiger partial charge in [-0.2, -0.15) is 0 Å². The molecule has 1 unspecified atom stereocenters. The summed E-state index contributed by atoms with van der Waals surface area (Å²) in [6, 6.07) is 17.2. The van der Waals surface area contributed by atoms with Crippen molar-refractivity contribution in [1.29, 1.82) is 0 Å². The normalized spacial score (nSPS) is 14.7. The molecule has 1 aliphatic rings. The summed E-state index contributed by atoms with van der Waals surface area (Å²) in [5, 5.41) is 0. The van der Waals surface area contributed by atoms with Crippen LogP contribution in [0.5, 0.6) is 5.75 Å². The van der Waals surface area contributed by atoms with Crippen LogP contribution in [0.15, 0.2) is 48.5 Å². The molecule has 3 rings (SSSR count). The molecular weight excluding hydrogens is 246 g/mol. The number of benzene rings is 2. The van der Waals surface area contributed by atoms with Gasteiger partial charge in [0.15, 0.2) is 0 Å². The first-order chi connectivity index (χ1) is 9.81. The predicted octanol–water partition coefficient (Wildman–Crippen LogP) is 3.12. The average molecular weight is 267 g/mol. The van der Waals surface area contributed by atoms with Crippen LogP contribution in [0.4, 0.5) is 0 Å². The summed E-state index contributed by atoms with van der Waals surface area (Å²) in [6.45, 7) is 0.826. The lowest BCUT2D eigenvalue weighted by Crippen LogP contribution is -2.23. The van der Waals surface area contributed by atoms with Gasteiger partial charge in [0.25, 0.3) is 0 Å². The molecule has 0 spiro atoms. The molecule has 2 aromatic rings. The molecule has 0 fully saturated rings. The SMILES string of the molecule is NC(CCc1ccc2c(c1)CCO2)Cc1ccccc1. The molecule has 2 heteroatoms. The first-order valence-electron chi connectivity index (χ1n) is 7.35. The monoisotopic (exact) mass is 267 g/mol. The first-order valence-corrected chi connectivity index (χ1v) is 7.35. The predicted molar refractivity (Wildman–Crippen MR) is 82.1 cm³/mol. The molecule has 0 bridgehead atoms. The van der Waals surface area contributed by atoms with Crippen molar-refractivity contribution in [3.8, 4) is 5.75 Å². The van der Waals surface area contributed by atoms with Crippen LogP contribution < -0.4 is 10.5 Å². The molecule has 0 amide bonds. The minimum Gasteiger partial charge on any atom is -0.493 e. The highest BCUT2D eigenvalue weighted by Gasteiger charge is 2.12. The Morgan fingerprint density at radius 1 is 1.05 bits per heavy atom. The van der Waals surface area contributed by atoms with E-state index in [0.717, 1.165) is 38.0 Å². The molecule has 0 aromatic heterocycles. The molecule has 0 aliphatic carbocycles. The van der Waals surface area contributed by atoms with Gasteiger partial charge in [0.2, 0.25) is 0 Å². The molecular formula is C18H21NO. The van der Waals surface area contributed by atoms with E-state index in [4.69, 9.17) is 10.5 Å². The summed E-state index contributed by atoms with van der Waals surface area (Å²) in [5.41, 5.74) is 10.3. The van der Waals surface area contributed by atoms with Crippen molar-refractivity contribution in [1.82, 2.24) is 0 Å². The molecule has 104 valence electrons. The molecule has 1 aliphatic heterocycles. The number of rotatable bonds is 5. The van der Waals surface area contributed by atoms with Gasteiger partial charge < -0.3 is 10.5 Å². The first kappa shape index (κ1) is 13.2. The highest BCUT2D eigenvalue weighted by molar-refractivity contribution is 5.39. The van der Waals surface area contributed by atoms with Crippen LogP contribution in [0.3, 0.4) is 0 Å². The van der Waals surface area contributed by atoms with Gasteiger partial charge in [-0.05, 0) is 42.0 Å². The summed E-state index contributed by atoms with van der Waals surface area (Å²) in [5.74, 6) is 1.06. The third kappa shape index (κ3) is 3.20. The van der Waals surface area contributed by atoms with Gasteiger partial charge in [-0.25, -0.2) is 0 Å². The Kier molecular flexibility index (Phi) is 4.03. The highest BCUT2D eigenvalue weighted by atomic mass is 16.5. The highest BCUT2D eigenvalue weighted by Crippen LogP contribution is 2.26. The molecule has 2 N–H and O–H groups in total. The Bertz CT molecular complexity index is 565. The second kappa shape index (κ2) is 6.10. The quantitative estimate of drug-likeness (QED) is 0.903. The number of ether oxygens (including phenoxy) is 1. The van der Waals surface area contributed by atoms with Crippen molar-refractivity contribution in [2.75, 3.05) is 6.61 Å². The second-order valence-electron chi connectivity index (χ2n) is 5.53. The van der Waals surface area contributed by atoms with E-state index in [1.165, 1.54) is 16.7 Å². The lowest BCUT2D eigenvalue weighted by molar-refractivity contribution is 0.357. The van der Waals surface area contributed by atoms with E-state index in [2.05, 4.69) is 42.5 Å². The third-order valence-corrected chi connectivity index (χ3v) is 3.90. The van der Waals surface area contributed by atoms with Gasteiger partial charge in [0.05, 0.1) is 6.61 Å². The lowest BCUT2D eigenvalue weighted by atomic mass is 9.98. The van der Waals surface area contributed by atoms with Crippen LogP contribution in [0.25, 0.3) is 0 Å². The average Bonchev–Trinajstić information content (AvgIpc) is 2.93. The van der Waals surface area contributed by atoms with E-state index in [-0.39, 0.29) is 6.04 Å². The molecule has 2 aromatic carbocycles.